The first-order valence-corrected chi connectivity index (χ1v) is 6.81. The molecule has 1 rings (SSSR count). The highest BCUT2D eigenvalue weighted by molar-refractivity contribution is 5.95. The van der Waals surface area contributed by atoms with E-state index in [0.717, 1.165) is 0 Å². The summed E-state index contributed by atoms with van der Waals surface area (Å²) in [5, 5.41) is 2.97. The van der Waals surface area contributed by atoms with Gasteiger partial charge < -0.3 is 20.5 Å². The molecule has 20 heavy (non-hydrogen) atoms. The lowest BCUT2D eigenvalue weighted by molar-refractivity contribution is 0.0806. The normalized spacial score (nSPS) is 12.2. The molecule has 1 aromatic rings. The van der Waals surface area contributed by atoms with Crippen LogP contribution in [0.25, 0.3) is 0 Å². The van der Waals surface area contributed by atoms with E-state index < -0.39 is 0 Å². The molecule has 1 unspecified atom stereocenters. The standard InChI is InChI=1S/C15H24N2O3/c1-5-20-9-13(10(2)3)17-15(18)11-6-7-14(19-4)12(16)8-11/h6-8,10,13H,5,9,16H2,1-4H3,(H,17,18). The smallest absolute Gasteiger partial charge is 0.251 e. The molecule has 0 aliphatic heterocycles. The number of carbonyl (C=O) groups is 1. The summed E-state index contributed by atoms with van der Waals surface area (Å²) >= 11 is 0. The highest BCUT2D eigenvalue weighted by Gasteiger charge is 2.17. The zero-order chi connectivity index (χ0) is 15.1. The van der Waals surface area contributed by atoms with Gasteiger partial charge in [0.1, 0.15) is 5.75 Å². The number of hydrogen-bond acceptors (Lipinski definition) is 4. The Hall–Kier alpha value is -1.75. The van der Waals surface area contributed by atoms with Gasteiger partial charge in [0.25, 0.3) is 5.91 Å². The Morgan fingerprint density at radius 3 is 2.60 bits per heavy atom. The molecule has 1 aromatic carbocycles. The topological polar surface area (TPSA) is 73.6 Å². The maximum absolute atomic E-state index is 12.2. The largest absolute Gasteiger partial charge is 0.495 e. The van der Waals surface area contributed by atoms with Gasteiger partial charge >= 0.3 is 0 Å². The quantitative estimate of drug-likeness (QED) is 0.750. The van der Waals surface area contributed by atoms with Crippen LogP contribution in [0.1, 0.15) is 31.1 Å². The van der Waals surface area contributed by atoms with Crippen molar-refractivity contribution in [3.8, 4) is 5.75 Å². The maximum atomic E-state index is 12.2. The van der Waals surface area contributed by atoms with Gasteiger partial charge in [-0.1, -0.05) is 13.8 Å². The summed E-state index contributed by atoms with van der Waals surface area (Å²) in [4.78, 5) is 12.2. The van der Waals surface area contributed by atoms with Gasteiger partial charge in [0, 0.05) is 12.2 Å². The van der Waals surface area contributed by atoms with Crippen molar-refractivity contribution in [3.05, 3.63) is 23.8 Å². The molecule has 0 aliphatic rings. The van der Waals surface area contributed by atoms with Crippen LogP contribution in [0.3, 0.4) is 0 Å². The third kappa shape index (κ3) is 4.42. The zero-order valence-electron chi connectivity index (χ0n) is 12.6. The van der Waals surface area contributed by atoms with E-state index in [-0.39, 0.29) is 11.9 Å². The van der Waals surface area contributed by atoms with E-state index in [2.05, 4.69) is 5.32 Å². The molecule has 0 heterocycles. The predicted octanol–water partition coefficient (Wildman–Crippen LogP) is 2.07. The van der Waals surface area contributed by atoms with Gasteiger partial charge in [0.15, 0.2) is 0 Å². The molecule has 0 radical (unpaired) electrons. The summed E-state index contributed by atoms with van der Waals surface area (Å²) in [7, 11) is 1.54. The molecular formula is C15H24N2O3. The van der Waals surface area contributed by atoms with Crippen molar-refractivity contribution in [2.45, 2.75) is 26.8 Å². The van der Waals surface area contributed by atoms with E-state index in [1.54, 1.807) is 25.3 Å². The van der Waals surface area contributed by atoms with Crippen LogP contribution in [0.4, 0.5) is 5.69 Å². The Bertz CT molecular complexity index is 447. The van der Waals surface area contributed by atoms with E-state index in [0.29, 0.717) is 36.1 Å². The van der Waals surface area contributed by atoms with Crippen LogP contribution in [-0.4, -0.2) is 32.3 Å². The third-order valence-electron chi connectivity index (χ3n) is 3.11. The number of nitrogens with one attached hydrogen (secondary N) is 1. The van der Waals surface area contributed by atoms with Crippen LogP contribution in [0.2, 0.25) is 0 Å². The number of rotatable bonds is 7. The number of methoxy groups -OCH3 is 1. The fourth-order valence-electron chi connectivity index (χ4n) is 1.77. The number of hydrogen-bond donors (Lipinski definition) is 2. The van der Waals surface area contributed by atoms with Gasteiger partial charge in [-0.3, -0.25) is 4.79 Å². The number of amides is 1. The van der Waals surface area contributed by atoms with E-state index in [9.17, 15) is 4.79 Å². The third-order valence-corrected chi connectivity index (χ3v) is 3.11. The van der Waals surface area contributed by atoms with Crippen LogP contribution in [-0.2, 0) is 4.74 Å². The lowest BCUT2D eigenvalue weighted by Crippen LogP contribution is -2.41. The Balaban J connectivity index is 2.75. The number of anilines is 1. The molecule has 5 nitrogen and oxygen atoms in total. The molecule has 1 amide bonds. The monoisotopic (exact) mass is 280 g/mol. The molecule has 5 heteroatoms. The van der Waals surface area contributed by atoms with Crippen molar-refractivity contribution in [2.24, 2.45) is 5.92 Å². The van der Waals surface area contributed by atoms with Crippen molar-refractivity contribution in [1.82, 2.24) is 5.32 Å². The Morgan fingerprint density at radius 1 is 1.40 bits per heavy atom. The minimum atomic E-state index is -0.155. The van der Waals surface area contributed by atoms with Gasteiger partial charge in [0.05, 0.1) is 25.4 Å². The van der Waals surface area contributed by atoms with Crippen molar-refractivity contribution in [3.63, 3.8) is 0 Å². The van der Waals surface area contributed by atoms with Crippen molar-refractivity contribution in [1.29, 1.82) is 0 Å². The van der Waals surface area contributed by atoms with E-state index >= 15 is 0 Å². The molecule has 0 bridgehead atoms. The summed E-state index contributed by atoms with van der Waals surface area (Å²) < 4.78 is 10.5. The van der Waals surface area contributed by atoms with Crippen molar-refractivity contribution >= 4 is 11.6 Å². The average Bonchev–Trinajstić information content (AvgIpc) is 2.42. The highest BCUT2D eigenvalue weighted by Crippen LogP contribution is 2.22. The number of ether oxygens (including phenoxy) is 2. The molecular weight excluding hydrogens is 256 g/mol. The first kappa shape index (κ1) is 16.3. The molecule has 0 aromatic heterocycles. The van der Waals surface area contributed by atoms with Crippen LogP contribution in [0.5, 0.6) is 5.75 Å². The van der Waals surface area contributed by atoms with Gasteiger partial charge in [-0.05, 0) is 31.0 Å². The van der Waals surface area contributed by atoms with Gasteiger partial charge in [-0.15, -0.1) is 0 Å². The average molecular weight is 280 g/mol. The SMILES string of the molecule is CCOCC(NC(=O)c1ccc(OC)c(N)c1)C(C)C. The lowest BCUT2D eigenvalue weighted by Gasteiger charge is -2.22. The summed E-state index contributed by atoms with van der Waals surface area (Å²) in [5.74, 6) is 0.704. The van der Waals surface area contributed by atoms with Crippen molar-refractivity contribution in [2.75, 3.05) is 26.1 Å². The first-order valence-electron chi connectivity index (χ1n) is 6.81. The highest BCUT2D eigenvalue weighted by atomic mass is 16.5. The Kier molecular flexibility index (Phi) is 6.31. The molecule has 1 atom stereocenters. The number of nitrogen functional groups attached to an aromatic ring is 1. The number of benzene rings is 1. The van der Waals surface area contributed by atoms with Gasteiger partial charge in [-0.25, -0.2) is 0 Å². The summed E-state index contributed by atoms with van der Waals surface area (Å²) in [6.45, 7) is 7.17. The minimum Gasteiger partial charge on any atom is -0.495 e. The van der Waals surface area contributed by atoms with Crippen LogP contribution >= 0.6 is 0 Å². The van der Waals surface area contributed by atoms with Gasteiger partial charge in [-0.2, -0.15) is 0 Å². The lowest BCUT2D eigenvalue weighted by atomic mass is 10.0. The second-order valence-corrected chi connectivity index (χ2v) is 4.94. The molecule has 3 N–H and O–H groups in total. The number of nitrogens with two attached hydrogens (primary N) is 1. The van der Waals surface area contributed by atoms with Crippen LogP contribution < -0.4 is 15.8 Å². The van der Waals surface area contributed by atoms with E-state index in [4.69, 9.17) is 15.2 Å². The molecule has 112 valence electrons. The molecule has 0 saturated carbocycles. The van der Waals surface area contributed by atoms with Gasteiger partial charge in [0.2, 0.25) is 0 Å². The van der Waals surface area contributed by atoms with E-state index in [1.165, 1.54) is 0 Å². The second-order valence-electron chi connectivity index (χ2n) is 4.94. The predicted molar refractivity (Wildman–Crippen MR) is 80.0 cm³/mol. The molecule has 0 aliphatic carbocycles. The van der Waals surface area contributed by atoms with Crippen LogP contribution in [0.15, 0.2) is 18.2 Å². The molecule has 0 fully saturated rings. The Labute approximate surface area is 120 Å². The molecule has 0 spiro atoms. The van der Waals surface area contributed by atoms with E-state index in [1.807, 2.05) is 20.8 Å². The number of carbonyl (C=O) groups excluding carboxylic acids is 1. The minimum absolute atomic E-state index is 0.0224. The molecule has 0 saturated heterocycles. The summed E-state index contributed by atoms with van der Waals surface area (Å²) in [6, 6.07) is 4.98. The summed E-state index contributed by atoms with van der Waals surface area (Å²) in [5.41, 5.74) is 6.78. The van der Waals surface area contributed by atoms with Crippen molar-refractivity contribution < 1.29 is 14.3 Å². The fraction of sp³-hybridized carbons (Fsp3) is 0.533. The maximum Gasteiger partial charge on any atom is 0.251 e. The van der Waals surface area contributed by atoms with Crippen LogP contribution in [0, 0.1) is 5.92 Å². The second kappa shape index (κ2) is 7.75. The fourth-order valence-corrected chi connectivity index (χ4v) is 1.77. The Morgan fingerprint density at radius 2 is 2.10 bits per heavy atom. The zero-order valence-corrected chi connectivity index (χ0v) is 12.6. The summed E-state index contributed by atoms with van der Waals surface area (Å²) in [6.07, 6.45) is 0. The first-order chi connectivity index (χ1) is 9.49.